The minimum Gasteiger partial charge on any atom is -0.350 e. The van der Waals surface area contributed by atoms with E-state index in [1.165, 1.54) is 24.3 Å². The fourth-order valence-electron chi connectivity index (χ4n) is 3.38. The summed E-state index contributed by atoms with van der Waals surface area (Å²) in [7, 11) is 0. The molecular weight excluding hydrogens is 405 g/mol. The first kappa shape index (κ1) is 20.4. The number of aryl methyl sites for hydroxylation is 2. The van der Waals surface area contributed by atoms with E-state index in [9.17, 15) is 22.8 Å². The maximum atomic E-state index is 14.4. The lowest BCUT2D eigenvalue weighted by Crippen LogP contribution is -2.33. The molecule has 0 saturated heterocycles. The van der Waals surface area contributed by atoms with Crippen molar-refractivity contribution in [3.63, 3.8) is 0 Å². The van der Waals surface area contributed by atoms with Gasteiger partial charge >= 0.3 is 0 Å². The molecule has 0 aromatic heterocycles. The molecule has 0 atom stereocenters. The molecule has 31 heavy (non-hydrogen) atoms. The van der Waals surface area contributed by atoms with Gasteiger partial charge in [-0.3, -0.25) is 9.59 Å². The Bertz CT molecular complexity index is 1270. The average molecular weight is 422 g/mol. The van der Waals surface area contributed by atoms with Crippen LogP contribution in [0.25, 0.3) is 5.57 Å². The van der Waals surface area contributed by atoms with Crippen LogP contribution in [0, 0.1) is 31.3 Å². The first-order chi connectivity index (χ1) is 14.8. The summed E-state index contributed by atoms with van der Waals surface area (Å²) in [5, 5.41) is 2.73. The molecule has 0 saturated carbocycles. The fourth-order valence-corrected chi connectivity index (χ4v) is 3.38. The summed E-state index contributed by atoms with van der Waals surface area (Å²) >= 11 is 0. The summed E-state index contributed by atoms with van der Waals surface area (Å²) in [6.45, 7) is 3.76. The third-order valence-corrected chi connectivity index (χ3v) is 5.16. The summed E-state index contributed by atoms with van der Waals surface area (Å²) < 4.78 is 41.4. The number of carbonyl (C=O) groups is 2. The molecule has 4 rings (SSSR count). The molecule has 2 amide bonds. The van der Waals surface area contributed by atoms with Crippen molar-refractivity contribution in [2.24, 2.45) is 0 Å². The standard InChI is InChI=1S/C24H17F3N2O2/c1-13-7-8-15(11-14(13)2)21-22(28-16-9-10-17(25)19(27)12-16)24(31)29(23(21)30)20-6-4-3-5-18(20)26/h3-12,28H,1-2H3. The third-order valence-electron chi connectivity index (χ3n) is 5.16. The van der Waals surface area contributed by atoms with Crippen LogP contribution in [-0.4, -0.2) is 11.8 Å². The number of nitrogens with one attached hydrogen (secondary N) is 1. The van der Waals surface area contributed by atoms with Crippen LogP contribution in [0.2, 0.25) is 0 Å². The van der Waals surface area contributed by atoms with E-state index >= 15 is 0 Å². The van der Waals surface area contributed by atoms with Crippen LogP contribution < -0.4 is 10.2 Å². The number of carbonyl (C=O) groups excluding carboxylic acids is 2. The highest BCUT2D eigenvalue weighted by atomic mass is 19.2. The first-order valence-electron chi connectivity index (χ1n) is 9.45. The zero-order chi connectivity index (χ0) is 22.3. The van der Waals surface area contributed by atoms with Gasteiger partial charge in [-0.1, -0.05) is 30.3 Å². The molecule has 1 aliphatic heterocycles. The van der Waals surface area contributed by atoms with Crippen molar-refractivity contribution >= 4 is 28.8 Å². The van der Waals surface area contributed by atoms with Crippen LogP contribution in [0.5, 0.6) is 0 Å². The number of para-hydroxylation sites is 1. The van der Waals surface area contributed by atoms with E-state index in [1.54, 1.807) is 18.2 Å². The molecule has 4 nitrogen and oxygen atoms in total. The van der Waals surface area contributed by atoms with E-state index in [0.29, 0.717) is 5.56 Å². The number of rotatable bonds is 4. The molecule has 7 heteroatoms. The van der Waals surface area contributed by atoms with Gasteiger partial charge < -0.3 is 5.32 Å². The van der Waals surface area contributed by atoms with Crippen molar-refractivity contribution in [1.82, 2.24) is 0 Å². The lowest BCUT2D eigenvalue weighted by atomic mass is 9.99. The Kier molecular flexibility index (Phi) is 5.10. The molecular formula is C24H17F3N2O2. The van der Waals surface area contributed by atoms with Crippen molar-refractivity contribution in [1.29, 1.82) is 0 Å². The van der Waals surface area contributed by atoms with Gasteiger partial charge in [0.2, 0.25) is 0 Å². The second-order valence-electron chi connectivity index (χ2n) is 7.20. The smallest absolute Gasteiger partial charge is 0.282 e. The third kappa shape index (κ3) is 3.59. The van der Waals surface area contributed by atoms with Gasteiger partial charge in [0.15, 0.2) is 11.6 Å². The van der Waals surface area contributed by atoms with Crippen LogP contribution >= 0.6 is 0 Å². The summed E-state index contributed by atoms with van der Waals surface area (Å²) in [5.74, 6) is -4.41. The predicted molar refractivity (Wildman–Crippen MR) is 112 cm³/mol. The molecule has 1 N–H and O–H groups in total. The van der Waals surface area contributed by atoms with Crippen molar-refractivity contribution in [2.75, 3.05) is 10.2 Å². The quantitative estimate of drug-likeness (QED) is 0.594. The normalized spacial score (nSPS) is 13.9. The number of hydrogen-bond acceptors (Lipinski definition) is 3. The Morgan fingerprint density at radius 3 is 2.16 bits per heavy atom. The van der Waals surface area contributed by atoms with Gasteiger partial charge in [-0.05, 0) is 54.8 Å². The highest BCUT2D eigenvalue weighted by Gasteiger charge is 2.41. The molecule has 0 aliphatic carbocycles. The van der Waals surface area contributed by atoms with Gasteiger partial charge in [-0.2, -0.15) is 0 Å². The molecule has 0 spiro atoms. The lowest BCUT2D eigenvalue weighted by molar-refractivity contribution is -0.120. The highest BCUT2D eigenvalue weighted by Crippen LogP contribution is 2.35. The summed E-state index contributed by atoms with van der Waals surface area (Å²) in [5.41, 5.74) is 2.07. The van der Waals surface area contributed by atoms with E-state index in [2.05, 4.69) is 5.32 Å². The number of anilines is 2. The van der Waals surface area contributed by atoms with Crippen molar-refractivity contribution in [3.05, 3.63) is 101 Å². The van der Waals surface area contributed by atoms with Gasteiger partial charge in [-0.25, -0.2) is 18.1 Å². The number of halogens is 3. The molecule has 0 bridgehead atoms. The zero-order valence-electron chi connectivity index (χ0n) is 16.7. The number of benzene rings is 3. The van der Waals surface area contributed by atoms with Crippen LogP contribution in [0.3, 0.4) is 0 Å². The topological polar surface area (TPSA) is 49.4 Å². The minimum atomic E-state index is -1.11. The van der Waals surface area contributed by atoms with Crippen molar-refractivity contribution < 1.29 is 22.8 Å². The number of hydrogen-bond donors (Lipinski definition) is 1. The van der Waals surface area contributed by atoms with E-state index in [4.69, 9.17) is 0 Å². The maximum absolute atomic E-state index is 14.4. The maximum Gasteiger partial charge on any atom is 0.282 e. The molecule has 0 unspecified atom stereocenters. The van der Waals surface area contributed by atoms with Gasteiger partial charge in [0.05, 0.1) is 11.3 Å². The van der Waals surface area contributed by atoms with Crippen LogP contribution in [-0.2, 0) is 9.59 Å². The predicted octanol–water partition coefficient (Wildman–Crippen LogP) is 5.12. The molecule has 0 radical (unpaired) electrons. The second-order valence-corrected chi connectivity index (χ2v) is 7.20. The van der Waals surface area contributed by atoms with Gasteiger partial charge in [0, 0.05) is 11.8 Å². The lowest BCUT2D eigenvalue weighted by Gasteiger charge is -2.16. The number of amides is 2. The van der Waals surface area contributed by atoms with Gasteiger partial charge in [-0.15, -0.1) is 0 Å². The van der Waals surface area contributed by atoms with Crippen molar-refractivity contribution in [3.8, 4) is 0 Å². The molecule has 1 heterocycles. The Morgan fingerprint density at radius 2 is 1.48 bits per heavy atom. The second kappa shape index (κ2) is 7.75. The van der Waals surface area contributed by atoms with Gasteiger partial charge in [0.1, 0.15) is 11.5 Å². The van der Waals surface area contributed by atoms with Crippen LogP contribution in [0.4, 0.5) is 24.5 Å². The highest BCUT2D eigenvalue weighted by molar-refractivity contribution is 6.46. The molecule has 3 aromatic carbocycles. The van der Waals surface area contributed by atoms with E-state index in [-0.39, 0.29) is 22.6 Å². The summed E-state index contributed by atoms with van der Waals surface area (Å²) in [6.07, 6.45) is 0. The van der Waals surface area contributed by atoms with Gasteiger partial charge in [0.25, 0.3) is 11.8 Å². The van der Waals surface area contributed by atoms with E-state index in [1.807, 2.05) is 13.8 Å². The zero-order valence-corrected chi connectivity index (χ0v) is 16.7. The monoisotopic (exact) mass is 422 g/mol. The SMILES string of the molecule is Cc1ccc(C2=C(Nc3ccc(F)c(F)c3)C(=O)N(c3ccccc3F)C2=O)cc1C. The van der Waals surface area contributed by atoms with Crippen LogP contribution in [0.15, 0.2) is 66.4 Å². The Hall–Kier alpha value is -3.87. The molecule has 156 valence electrons. The fraction of sp³-hybridized carbons (Fsp3) is 0.0833. The molecule has 1 aliphatic rings. The Morgan fingerprint density at radius 1 is 0.742 bits per heavy atom. The number of imide groups is 1. The largest absolute Gasteiger partial charge is 0.350 e. The number of nitrogens with zero attached hydrogens (tertiary/aromatic N) is 1. The first-order valence-corrected chi connectivity index (χ1v) is 9.45. The Balaban J connectivity index is 1.87. The molecule has 0 fully saturated rings. The minimum absolute atomic E-state index is 0.0149. The average Bonchev–Trinajstić information content (AvgIpc) is 2.97. The summed E-state index contributed by atoms with van der Waals surface area (Å²) in [6, 6.07) is 13.7. The van der Waals surface area contributed by atoms with Crippen LogP contribution in [0.1, 0.15) is 16.7 Å². The van der Waals surface area contributed by atoms with E-state index < -0.39 is 29.3 Å². The molecule has 3 aromatic rings. The summed E-state index contributed by atoms with van der Waals surface area (Å²) in [4.78, 5) is 27.2. The van der Waals surface area contributed by atoms with Crippen molar-refractivity contribution in [2.45, 2.75) is 13.8 Å². The Labute approximate surface area is 176 Å². The van der Waals surface area contributed by atoms with E-state index in [0.717, 1.165) is 34.2 Å².